The highest BCUT2D eigenvalue weighted by molar-refractivity contribution is 7.89. The molecule has 0 N–H and O–H groups in total. The molecule has 0 aliphatic heterocycles. The maximum absolute atomic E-state index is 12.2. The molecule has 0 saturated carbocycles. The standard InChI is InChI=1S/C12H16N2O3S/c1-10-4-6-12(7-5-10)18(15,16)14(2)11(8-13)9-17-3/h4-7,11H,9H2,1-3H3. The zero-order chi connectivity index (χ0) is 13.8. The molecular weight excluding hydrogens is 252 g/mol. The van der Waals surface area contributed by atoms with Gasteiger partial charge in [0.1, 0.15) is 6.04 Å². The van der Waals surface area contributed by atoms with Crippen molar-refractivity contribution in [2.24, 2.45) is 0 Å². The average molecular weight is 268 g/mol. The minimum atomic E-state index is -3.66. The van der Waals surface area contributed by atoms with Crippen molar-refractivity contribution in [3.63, 3.8) is 0 Å². The van der Waals surface area contributed by atoms with Gasteiger partial charge >= 0.3 is 0 Å². The van der Waals surface area contributed by atoms with E-state index in [1.807, 2.05) is 13.0 Å². The molecule has 98 valence electrons. The van der Waals surface area contributed by atoms with E-state index in [-0.39, 0.29) is 11.5 Å². The van der Waals surface area contributed by atoms with Crippen LogP contribution in [-0.4, -0.2) is 39.5 Å². The molecule has 0 aromatic heterocycles. The first-order valence-electron chi connectivity index (χ1n) is 5.36. The summed E-state index contributed by atoms with van der Waals surface area (Å²) in [6, 6.07) is 7.58. The van der Waals surface area contributed by atoms with Crippen LogP contribution >= 0.6 is 0 Å². The van der Waals surface area contributed by atoms with Gasteiger partial charge in [0.2, 0.25) is 10.0 Å². The second kappa shape index (κ2) is 5.96. The number of nitrogens with zero attached hydrogens (tertiary/aromatic N) is 2. The van der Waals surface area contributed by atoms with Gasteiger partial charge < -0.3 is 4.74 Å². The normalized spacial score (nSPS) is 13.3. The highest BCUT2D eigenvalue weighted by Gasteiger charge is 2.27. The van der Waals surface area contributed by atoms with Gasteiger partial charge in [-0.25, -0.2) is 8.42 Å². The van der Waals surface area contributed by atoms with Crippen LogP contribution in [-0.2, 0) is 14.8 Å². The summed E-state index contributed by atoms with van der Waals surface area (Å²) in [4.78, 5) is 0.173. The molecule has 5 nitrogen and oxygen atoms in total. The second-order valence-electron chi connectivity index (χ2n) is 3.93. The molecule has 1 unspecified atom stereocenters. The number of likely N-dealkylation sites (N-methyl/N-ethyl adjacent to an activating group) is 1. The maximum atomic E-state index is 12.2. The summed E-state index contributed by atoms with van der Waals surface area (Å²) in [7, 11) is -0.854. The van der Waals surface area contributed by atoms with Gasteiger partial charge in [0.25, 0.3) is 0 Å². The Morgan fingerprint density at radius 2 is 1.94 bits per heavy atom. The predicted molar refractivity (Wildman–Crippen MR) is 67.4 cm³/mol. The van der Waals surface area contributed by atoms with E-state index in [0.717, 1.165) is 9.87 Å². The molecule has 1 rings (SSSR count). The molecule has 0 radical (unpaired) electrons. The lowest BCUT2D eigenvalue weighted by Crippen LogP contribution is -2.38. The van der Waals surface area contributed by atoms with E-state index in [1.165, 1.54) is 26.3 Å². The highest BCUT2D eigenvalue weighted by atomic mass is 32.2. The van der Waals surface area contributed by atoms with Gasteiger partial charge in [-0.05, 0) is 19.1 Å². The smallest absolute Gasteiger partial charge is 0.244 e. The molecule has 6 heteroatoms. The van der Waals surface area contributed by atoms with Crippen LogP contribution in [0, 0.1) is 18.3 Å². The molecule has 18 heavy (non-hydrogen) atoms. The fourth-order valence-electron chi connectivity index (χ4n) is 1.43. The van der Waals surface area contributed by atoms with E-state index >= 15 is 0 Å². The topological polar surface area (TPSA) is 70.4 Å². The van der Waals surface area contributed by atoms with Gasteiger partial charge in [-0.1, -0.05) is 17.7 Å². The molecule has 1 aromatic carbocycles. The molecule has 1 atom stereocenters. The Kier molecular flexibility index (Phi) is 4.84. The summed E-state index contributed by atoms with van der Waals surface area (Å²) in [5.74, 6) is 0. The maximum Gasteiger partial charge on any atom is 0.244 e. The van der Waals surface area contributed by atoms with Gasteiger partial charge in [-0.15, -0.1) is 0 Å². The third-order valence-corrected chi connectivity index (χ3v) is 4.49. The summed E-state index contributed by atoms with van der Waals surface area (Å²) in [5, 5.41) is 8.95. The zero-order valence-electron chi connectivity index (χ0n) is 10.6. The molecular formula is C12H16N2O3S. The Balaban J connectivity index is 3.06. The van der Waals surface area contributed by atoms with Crippen LogP contribution in [0.4, 0.5) is 0 Å². The Hall–Kier alpha value is -1.42. The third kappa shape index (κ3) is 3.07. The van der Waals surface area contributed by atoms with E-state index in [9.17, 15) is 8.42 Å². The van der Waals surface area contributed by atoms with Gasteiger partial charge in [0, 0.05) is 14.2 Å². The molecule has 0 saturated heterocycles. The van der Waals surface area contributed by atoms with Crippen molar-refractivity contribution in [2.75, 3.05) is 20.8 Å². The van der Waals surface area contributed by atoms with Crippen molar-refractivity contribution in [1.29, 1.82) is 5.26 Å². The van der Waals surface area contributed by atoms with Crippen LogP contribution in [0.1, 0.15) is 5.56 Å². The number of nitriles is 1. The molecule has 0 amide bonds. The summed E-state index contributed by atoms with van der Waals surface area (Å²) in [5.41, 5.74) is 0.977. The van der Waals surface area contributed by atoms with Crippen LogP contribution < -0.4 is 0 Å². The lowest BCUT2D eigenvalue weighted by atomic mass is 10.2. The van der Waals surface area contributed by atoms with Crippen LogP contribution in [0.25, 0.3) is 0 Å². The molecule has 0 aliphatic rings. The minimum Gasteiger partial charge on any atom is -0.382 e. The number of methoxy groups -OCH3 is 1. The molecule has 0 aliphatic carbocycles. The van der Waals surface area contributed by atoms with E-state index in [2.05, 4.69) is 0 Å². The summed E-state index contributed by atoms with van der Waals surface area (Å²) in [6.07, 6.45) is 0. The lowest BCUT2D eigenvalue weighted by molar-refractivity contribution is 0.163. The SMILES string of the molecule is COCC(C#N)N(C)S(=O)(=O)c1ccc(C)cc1. The van der Waals surface area contributed by atoms with Crippen molar-refractivity contribution in [2.45, 2.75) is 17.9 Å². The number of sulfonamides is 1. The number of ether oxygens (including phenoxy) is 1. The number of benzene rings is 1. The van der Waals surface area contributed by atoms with Crippen LogP contribution in [0.3, 0.4) is 0 Å². The van der Waals surface area contributed by atoms with Crippen LogP contribution in [0.5, 0.6) is 0 Å². The van der Waals surface area contributed by atoms with Crippen molar-refractivity contribution in [3.05, 3.63) is 29.8 Å². The number of rotatable bonds is 5. The van der Waals surface area contributed by atoms with E-state index in [4.69, 9.17) is 10.00 Å². The quantitative estimate of drug-likeness (QED) is 0.803. The molecule has 1 aromatic rings. The third-order valence-electron chi connectivity index (χ3n) is 2.61. The highest BCUT2D eigenvalue weighted by Crippen LogP contribution is 2.17. The van der Waals surface area contributed by atoms with Crippen molar-refractivity contribution in [3.8, 4) is 6.07 Å². The van der Waals surface area contributed by atoms with Crippen LogP contribution in [0.15, 0.2) is 29.2 Å². The Labute approximate surface area is 108 Å². The van der Waals surface area contributed by atoms with E-state index in [0.29, 0.717) is 0 Å². The minimum absolute atomic E-state index is 0.0398. The van der Waals surface area contributed by atoms with Crippen molar-refractivity contribution >= 4 is 10.0 Å². The lowest BCUT2D eigenvalue weighted by Gasteiger charge is -2.21. The molecule has 0 fully saturated rings. The first-order chi connectivity index (χ1) is 8.43. The Morgan fingerprint density at radius 1 is 1.39 bits per heavy atom. The fourth-order valence-corrected chi connectivity index (χ4v) is 2.68. The molecule has 0 bridgehead atoms. The Morgan fingerprint density at radius 3 is 2.39 bits per heavy atom. The fraction of sp³-hybridized carbons (Fsp3) is 0.417. The second-order valence-corrected chi connectivity index (χ2v) is 5.93. The van der Waals surface area contributed by atoms with E-state index < -0.39 is 16.1 Å². The number of hydrogen-bond donors (Lipinski definition) is 0. The van der Waals surface area contributed by atoms with E-state index in [1.54, 1.807) is 12.1 Å². The molecule has 0 spiro atoms. The number of aryl methyl sites for hydroxylation is 1. The van der Waals surface area contributed by atoms with Crippen molar-refractivity contribution < 1.29 is 13.2 Å². The summed E-state index contributed by atoms with van der Waals surface area (Å²) >= 11 is 0. The van der Waals surface area contributed by atoms with Gasteiger partial charge in [-0.3, -0.25) is 0 Å². The predicted octanol–water partition coefficient (Wildman–Crippen LogP) is 1.15. The first-order valence-corrected chi connectivity index (χ1v) is 6.80. The summed E-state index contributed by atoms with van der Waals surface area (Å²) in [6.45, 7) is 1.92. The largest absolute Gasteiger partial charge is 0.382 e. The van der Waals surface area contributed by atoms with Gasteiger partial charge in [0.15, 0.2) is 0 Å². The van der Waals surface area contributed by atoms with Gasteiger partial charge in [-0.2, -0.15) is 9.57 Å². The summed E-state index contributed by atoms with van der Waals surface area (Å²) < 4.78 is 30.3. The number of hydrogen-bond acceptors (Lipinski definition) is 4. The molecule has 0 heterocycles. The zero-order valence-corrected chi connectivity index (χ0v) is 11.4. The Bertz CT molecular complexity index is 531. The first kappa shape index (κ1) is 14.6. The van der Waals surface area contributed by atoms with Gasteiger partial charge in [0.05, 0.1) is 17.6 Å². The van der Waals surface area contributed by atoms with Crippen LogP contribution in [0.2, 0.25) is 0 Å². The monoisotopic (exact) mass is 268 g/mol. The average Bonchev–Trinajstić information content (AvgIpc) is 2.35. The van der Waals surface area contributed by atoms with Crippen molar-refractivity contribution in [1.82, 2.24) is 4.31 Å².